The number of aliphatic hydroxyl groups excluding tert-OH is 1. The van der Waals surface area contributed by atoms with Gasteiger partial charge in [0.1, 0.15) is 6.61 Å². The van der Waals surface area contributed by atoms with Gasteiger partial charge in [-0.2, -0.15) is 0 Å². The number of carbonyl (C=O) groups is 3. The van der Waals surface area contributed by atoms with Crippen LogP contribution in [-0.2, 0) is 19.1 Å². The van der Waals surface area contributed by atoms with E-state index in [-0.39, 0.29) is 44.7 Å². The summed E-state index contributed by atoms with van der Waals surface area (Å²) in [5, 5.41) is 24.2. The summed E-state index contributed by atoms with van der Waals surface area (Å²) >= 11 is 0. The van der Waals surface area contributed by atoms with Crippen molar-refractivity contribution >= 4 is 18.0 Å². The molecule has 1 aliphatic carbocycles. The summed E-state index contributed by atoms with van der Waals surface area (Å²) in [7, 11) is 0. The van der Waals surface area contributed by atoms with Crippen LogP contribution in [0.15, 0.2) is 48.5 Å². The summed E-state index contributed by atoms with van der Waals surface area (Å²) in [6.07, 6.45) is -1.99. The molecular weight excluding hydrogens is 440 g/mol. The van der Waals surface area contributed by atoms with E-state index in [2.05, 4.69) is 22.8 Å². The van der Waals surface area contributed by atoms with Gasteiger partial charge in [0, 0.05) is 19.0 Å². The Bertz CT molecular complexity index is 1010. The molecule has 0 radical (unpaired) electrons. The zero-order valence-electron chi connectivity index (χ0n) is 18.6. The number of nitrogens with one attached hydrogen (secondary N) is 2. The van der Waals surface area contributed by atoms with E-state index in [0.717, 1.165) is 22.3 Å². The Balaban J connectivity index is 1.18. The Kier molecular flexibility index (Phi) is 7.44. The van der Waals surface area contributed by atoms with Crippen molar-refractivity contribution in [1.82, 2.24) is 10.6 Å². The van der Waals surface area contributed by atoms with Crippen molar-refractivity contribution in [3.63, 3.8) is 0 Å². The summed E-state index contributed by atoms with van der Waals surface area (Å²) in [4.78, 5) is 35.1. The van der Waals surface area contributed by atoms with Crippen LogP contribution in [0.2, 0.25) is 0 Å². The molecule has 4 N–H and O–H groups in total. The van der Waals surface area contributed by atoms with Crippen LogP contribution in [0, 0.1) is 5.92 Å². The maximum absolute atomic E-state index is 12.2. The number of hydrogen-bond donors (Lipinski definition) is 4. The lowest BCUT2D eigenvalue weighted by molar-refractivity contribution is -0.141. The highest BCUT2D eigenvalue weighted by atomic mass is 16.5. The van der Waals surface area contributed by atoms with E-state index in [9.17, 15) is 19.5 Å². The minimum atomic E-state index is -1.09. The highest BCUT2D eigenvalue weighted by molar-refractivity contribution is 5.79. The van der Waals surface area contributed by atoms with Crippen LogP contribution >= 0.6 is 0 Å². The Morgan fingerprint density at radius 1 is 1.03 bits per heavy atom. The standard InChI is InChI=1S/C25H28N2O7/c28-16(10-23(29)26-12-17-9-15(13-33-17)24(30)31)11-27-25(32)34-14-22-20-7-3-1-5-18(20)19-6-2-4-8-21(19)22/h1-8,15-17,22,28H,9-14H2,(H,26,29)(H,27,32)(H,30,31)/t15-,16?,17-/m1/s1. The maximum Gasteiger partial charge on any atom is 0.407 e. The number of carboxylic acid groups (broad SMARTS) is 1. The first-order chi connectivity index (χ1) is 16.4. The van der Waals surface area contributed by atoms with Gasteiger partial charge >= 0.3 is 12.1 Å². The molecule has 0 bridgehead atoms. The van der Waals surface area contributed by atoms with Crippen LogP contribution < -0.4 is 10.6 Å². The average Bonchev–Trinajstić information content (AvgIpc) is 3.43. The van der Waals surface area contributed by atoms with Crippen LogP contribution in [0.25, 0.3) is 11.1 Å². The van der Waals surface area contributed by atoms with Gasteiger partial charge in [-0.1, -0.05) is 48.5 Å². The van der Waals surface area contributed by atoms with Crippen molar-refractivity contribution in [2.45, 2.75) is 31.0 Å². The highest BCUT2D eigenvalue weighted by Crippen LogP contribution is 2.44. The molecule has 1 saturated heterocycles. The minimum Gasteiger partial charge on any atom is -0.481 e. The van der Waals surface area contributed by atoms with Gasteiger partial charge in [0.25, 0.3) is 0 Å². The quantitative estimate of drug-likeness (QED) is 0.441. The first-order valence-electron chi connectivity index (χ1n) is 11.3. The topological polar surface area (TPSA) is 134 Å². The van der Waals surface area contributed by atoms with E-state index in [0.29, 0.717) is 6.42 Å². The molecule has 4 rings (SSSR count). The molecule has 1 heterocycles. The first kappa shape index (κ1) is 23.7. The molecule has 2 aliphatic rings. The minimum absolute atomic E-state index is 0.0626. The largest absolute Gasteiger partial charge is 0.481 e. The van der Waals surface area contributed by atoms with Crippen LogP contribution in [0.4, 0.5) is 4.79 Å². The summed E-state index contributed by atoms with van der Waals surface area (Å²) in [5.41, 5.74) is 4.48. The smallest absolute Gasteiger partial charge is 0.407 e. The number of carboxylic acids is 1. The maximum atomic E-state index is 12.2. The molecule has 1 aliphatic heterocycles. The number of amides is 2. The molecule has 34 heavy (non-hydrogen) atoms. The predicted molar refractivity (Wildman–Crippen MR) is 122 cm³/mol. The van der Waals surface area contributed by atoms with Crippen molar-refractivity contribution < 1.29 is 34.1 Å². The fourth-order valence-electron chi connectivity index (χ4n) is 4.46. The zero-order chi connectivity index (χ0) is 24.1. The van der Waals surface area contributed by atoms with Gasteiger partial charge in [-0.05, 0) is 28.7 Å². The van der Waals surface area contributed by atoms with Gasteiger partial charge < -0.3 is 30.3 Å². The normalized spacial score (nSPS) is 19.7. The molecule has 3 atom stereocenters. The van der Waals surface area contributed by atoms with Crippen molar-refractivity contribution in [3.05, 3.63) is 59.7 Å². The summed E-state index contributed by atoms with van der Waals surface area (Å²) in [6, 6.07) is 16.1. The third-order valence-electron chi connectivity index (χ3n) is 6.20. The van der Waals surface area contributed by atoms with E-state index < -0.39 is 30.0 Å². The lowest BCUT2D eigenvalue weighted by Crippen LogP contribution is -2.38. The Morgan fingerprint density at radius 3 is 2.29 bits per heavy atom. The van der Waals surface area contributed by atoms with E-state index in [4.69, 9.17) is 14.6 Å². The van der Waals surface area contributed by atoms with E-state index in [1.54, 1.807) is 0 Å². The second-order valence-electron chi connectivity index (χ2n) is 8.59. The molecule has 1 fully saturated rings. The molecule has 180 valence electrons. The van der Waals surface area contributed by atoms with E-state index >= 15 is 0 Å². The number of ether oxygens (including phenoxy) is 2. The van der Waals surface area contributed by atoms with Gasteiger partial charge in [-0.15, -0.1) is 0 Å². The third-order valence-corrected chi connectivity index (χ3v) is 6.20. The fraction of sp³-hybridized carbons (Fsp3) is 0.400. The number of benzene rings is 2. The van der Waals surface area contributed by atoms with Crippen molar-refractivity contribution in [1.29, 1.82) is 0 Å². The van der Waals surface area contributed by atoms with Crippen LogP contribution in [0.5, 0.6) is 0 Å². The molecule has 0 aromatic heterocycles. The van der Waals surface area contributed by atoms with Crippen molar-refractivity contribution in [2.24, 2.45) is 5.92 Å². The Morgan fingerprint density at radius 2 is 1.68 bits per heavy atom. The number of aliphatic hydroxyl groups is 1. The van der Waals surface area contributed by atoms with Crippen molar-refractivity contribution in [3.8, 4) is 11.1 Å². The van der Waals surface area contributed by atoms with Crippen LogP contribution in [0.1, 0.15) is 29.9 Å². The summed E-state index contributed by atoms with van der Waals surface area (Å²) in [6.45, 7) is 0.331. The second-order valence-corrected chi connectivity index (χ2v) is 8.59. The number of aliphatic carboxylic acids is 1. The van der Waals surface area contributed by atoms with Crippen molar-refractivity contribution in [2.75, 3.05) is 26.3 Å². The Hall–Kier alpha value is -3.43. The molecule has 9 nitrogen and oxygen atoms in total. The summed E-state index contributed by atoms with van der Waals surface area (Å²) < 4.78 is 10.8. The second kappa shape index (κ2) is 10.7. The number of alkyl carbamates (subject to hydrolysis) is 1. The molecule has 2 aromatic rings. The van der Waals surface area contributed by atoms with E-state index in [1.165, 1.54) is 0 Å². The predicted octanol–water partition coefficient (Wildman–Crippen LogP) is 1.88. The third kappa shape index (κ3) is 5.55. The number of rotatable bonds is 9. The SMILES string of the molecule is O=C(CC(O)CNC(=O)OCC1c2ccccc2-c2ccccc21)NC[C@H]1C[C@@H](C(=O)O)CO1. The van der Waals surface area contributed by atoms with E-state index in [1.807, 2.05) is 36.4 Å². The zero-order valence-corrected chi connectivity index (χ0v) is 18.6. The number of fused-ring (bicyclic) bond motifs is 3. The molecule has 1 unspecified atom stereocenters. The lowest BCUT2D eigenvalue weighted by Gasteiger charge is -2.16. The molecule has 0 spiro atoms. The van der Waals surface area contributed by atoms with Gasteiger partial charge in [-0.3, -0.25) is 9.59 Å². The van der Waals surface area contributed by atoms with Gasteiger partial charge in [-0.25, -0.2) is 4.79 Å². The fourth-order valence-corrected chi connectivity index (χ4v) is 4.46. The molecule has 2 aromatic carbocycles. The number of hydrogen-bond acceptors (Lipinski definition) is 6. The molecular formula is C25H28N2O7. The molecule has 9 heteroatoms. The summed E-state index contributed by atoms with van der Waals surface area (Å²) in [5.74, 6) is -1.95. The van der Waals surface area contributed by atoms with Crippen LogP contribution in [0.3, 0.4) is 0 Å². The molecule has 0 saturated carbocycles. The van der Waals surface area contributed by atoms with Gasteiger partial charge in [0.05, 0.1) is 31.2 Å². The highest BCUT2D eigenvalue weighted by Gasteiger charge is 2.31. The lowest BCUT2D eigenvalue weighted by atomic mass is 9.98. The first-order valence-corrected chi connectivity index (χ1v) is 11.3. The molecule has 2 amide bonds. The monoisotopic (exact) mass is 468 g/mol. The number of carbonyl (C=O) groups excluding carboxylic acids is 2. The van der Waals surface area contributed by atoms with Gasteiger partial charge in [0.2, 0.25) is 5.91 Å². The van der Waals surface area contributed by atoms with Crippen LogP contribution in [-0.4, -0.2) is 66.7 Å². The average molecular weight is 469 g/mol. The Labute approximate surface area is 197 Å². The van der Waals surface area contributed by atoms with Gasteiger partial charge in [0.15, 0.2) is 0 Å².